The van der Waals surface area contributed by atoms with Gasteiger partial charge in [-0.1, -0.05) is 17.7 Å². The predicted octanol–water partition coefficient (Wildman–Crippen LogP) is 2.99. The molecule has 0 heterocycles. The number of amides is 1. The Morgan fingerprint density at radius 1 is 1.35 bits per heavy atom. The van der Waals surface area contributed by atoms with Crippen LogP contribution >= 0.6 is 34.8 Å². The molecular formula is C10H6Cl3F2NO. The van der Waals surface area contributed by atoms with Crippen LogP contribution in [0.3, 0.4) is 0 Å². The monoisotopic (exact) mass is 299 g/mol. The van der Waals surface area contributed by atoms with Crippen molar-refractivity contribution >= 4 is 40.7 Å². The van der Waals surface area contributed by atoms with Crippen molar-refractivity contribution in [1.29, 1.82) is 0 Å². The van der Waals surface area contributed by atoms with E-state index in [0.29, 0.717) is 0 Å². The van der Waals surface area contributed by atoms with Gasteiger partial charge in [0.2, 0.25) is 5.91 Å². The van der Waals surface area contributed by atoms with E-state index < -0.39 is 38.7 Å². The lowest BCUT2D eigenvalue weighted by atomic mass is 10.1. The molecule has 0 radical (unpaired) electrons. The molecule has 0 aliphatic heterocycles. The molecule has 0 spiro atoms. The third kappa shape index (κ3) is 1.88. The van der Waals surface area contributed by atoms with E-state index >= 15 is 0 Å². The van der Waals surface area contributed by atoms with E-state index in [-0.39, 0.29) is 5.56 Å². The summed E-state index contributed by atoms with van der Waals surface area (Å²) in [7, 11) is 0. The van der Waals surface area contributed by atoms with Gasteiger partial charge in [0.15, 0.2) is 0 Å². The van der Waals surface area contributed by atoms with Crippen LogP contribution in [0.1, 0.15) is 11.5 Å². The number of hydrogen-bond acceptors (Lipinski definition) is 1. The summed E-state index contributed by atoms with van der Waals surface area (Å²) >= 11 is 17.1. The summed E-state index contributed by atoms with van der Waals surface area (Å²) in [4.78, 5) is 11.0. The molecule has 0 bridgehead atoms. The zero-order chi connectivity index (χ0) is 13.0. The van der Waals surface area contributed by atoms with Gasteiger partial charge in [0.25, 0.3) is 0 Å². The number of nitrogens with two attached hydrogens (primary N) is 1. The molecule has 2 unspecified atom stereocenters. The molecule has 7 heteroatoms. The van der Waals surface area contributed by atoms with E-state index in [9.17, 15) is 13.6 Å². The summed E-state index contributed by atoms with van der Waals surface area (Å²) in [6, 6.07) is 2.14. The highest BCUT2D eigenvalue weighted by Crippen LogP contribution is 2.65. The highest BCUT2D eigenvalue weighted by Gasteiger charge is 2.67. The lowest BCUT2D eigenvalue weighted by molar-refractivity contribution is -0.119. The van der Waals surface area contributed by atoms with Crippen molar-refractivity contribution < 1.29 is 13.6 Å². The number of carbonyl (C=O) groups is 1. The van der Waals surface area contributed by atoms with Crippen LogP contribution in [-0.4, -0.2) is 10.2 Å². The lowest BCUT2D eigenvalue weighted by Crippen LogP contribution is -2.16. The number of primary amides is 1. The molecule has 1 aliphatic carbocycles. The van der Waals surface area contributed by atoms with Crippen molar-refractivity contribution in [3.63, 3.8) is 0 Å². The number of alkyl halides is 2. The molecule has 2 nitrogen and oxygen atoms in total. The minimum Gasteiger partial charge on any atom is -0.369 e. The van der Waals surface area contributed by atoms with Crippen LogP contribution in [0.25, 0.3) is 0 Å². The molecule has 1 aromatic carbocycles. The SMILES string of the molecule is NC(=O)C1C(c2ccc(F)c(Cl)c2F)C1(Cl)Cl. The first-order valence-electron chi connectivity index (χ1n) is 4.59. The van der Waals surface area contributed by atoms with Crippen molar-refractivity contribution in [3.05, 3.63) is 34.4 Å². The van der Waals surface area contributed by atoms with Crippen molar-refractivity contribution in [2.45, 2.75) is 10.3 Å². The average molecular weight is 301 g/mol. The average Bonchev–Trinajstić information content (AvgIpc) is 2.78. The van der Waals surface area contributed by atoms with Crippen molar-refractivity contribution in [3.8, 4) is 0 Å². The topological polar surface area (TPSA) is 43.1 Å². The molecule has 1 aliphatic rings. The fourth-order valence-corrected chi connectivity index (χ4v) is 2.85. The molecular weight excluding hydrogens is 294 g/mol. The summed E-state index contributed by atoms with van der Waals surface area (Å²) in [6.07, 6.45) is 0. The maximum Gasteiger partial charge on any atom is 0.224 e. The molecule has 1 aromatic rings. The lowest BCUT2D eigenvalue weighted by Gasteiger charge is -2.04. The Bertz CT molecular complexity index is 507. The van der Waals surface area contributed by atoms with Crippen LogP contribution < -0.4 is 5.73 Å². The number of hydrogen-bond donors (Lipinski definition) is 1. The first-order valence-corrected chi connectivity index (χ1v) is 5.72. The molecule has 0 aromatic heterocycles. The first-order chi connectivity index (χ1) is 7.78. The molecule has 2 rings (SSSR count). The molecule has 2 atom stereocenters. The van der Waals surface area contributed by atoms with Gasteiger partial charge in [0.05, 0.1) is 5.92 Å². The van der Waals surface area contributed by atoms with Gasteiger partial charge < -0.3 is 5.73 Å². The zero-order valence-electron chi connectivity index (χ0n) is 8.18. The fourth-order valence-electron chi connectivity index (χ4n) is 1.85. The summed E-state index contributed by atoms with van der Waals surface area (Å²) in [6.45, 7) is 0. The summed E-state index contributed by atoms with van der Waals surface area (Å²) < 4.78 is 25.2. The van der Waals surface area contributed by atoms with E-state index in [1.165, 1.54) is 0 Å². The number of carbonyl (C=O) groups excluding carboxylic acids is 1. The van der Waals surface area contributed by atoms with E-state index in [2.05, 4.69) is 0 Å². The minimum absolute atomic E-state index is 0.00907. The van der Waals surface area contributed by atoms with Crippen LogP contribution in [0, 0.1) is 17.6 Å². The predicted molar refractivity (Wildman–Crippen MR) is 61.2 cm³/mol. The minimum atomic E-state index is -1.46. The van der Waals surface area contributed by atoms with Gasteiger partial charge in [-0.15, -0.1) is 23.2 Å². The normalized spacial score (nSPS) is 25.7. The fraction of sp³-hybridized carbons (Fsp3) is 0.300. The highest BCUT2D eigenvalue weighted by molar-refractivity contribution is 6.53. The molecule has 2 N–H and O–H groups in total. The van der Waals surface area contributed by atoms with E-state index in [1.807, 2.05) is 0 Å². The van der Waals surface area contributed by atoms with Crippen LogP contribution in [0.4, 0.5) is 8.78 Å². The third-order valence-corrected chi connectivity index (χ3v) is 4.05. The van der Waals surface area contributed by atoms with E-state index in [4.69, 9.17) is 40.5 Å². The highest BCUT2D eigenvalue weighted by atomic mass is 35.5. The van der Waals surface area contributed by atoms with Gasteiger partial charge in [-0.05, 0) is 11.6 Å². The standard InChI is InChI=1S/C10H6Cl3F2NO/c11-7-4(14)2-1-3(8(7)15)5-6(9(16)17)10(5,12)13/h1-2,5-6H,(H2,16,17). The second-order valence-electron chi connectivity index (χ2n) is 3.80. The molecule has 17 heavy (non-hydrogen) atoms. The number of rotatable bonds is 2. The second-order valence-corrected chi connectivity index (χ2v) is 5.62. The Morgan fingerprint density at radius 2 is 1.94 bits per heavy atom. The zero-order valence-corrected chi connectivity index (χ0v) is 10.5. The Morgan fingerprint density at radius 3 is 2.41 bits per heavy atom. The second kappa shape index (κ2) is 3.97. The molecule has 1 amide bonds. The Balaban J connectivity index is 2.44. The summed E-state index contributed by atoms with van der Waals surface area (Å²) in [5, 5.41) is -0.651. The summed E-state index contributed by atoms with van der Waals surface area (Å²) in [5.74, 6) is -4.30. The van der Waals surface area contributed by atoms with Crippen LogP contribution in [0.5, 0.6) is 0 Å². The van der Waals surface area contributed by atoms with Crippen molar-refractivity contribution in [2.24, 2.45) is 11.7 Å². The molecule has 92 valence electrons. The van der Waals surface area contributed by atoms with Crippen molar-refractivity contribution in [2.75, 3.05) is 0 Å². The maximum atomic E-state index is 13.7. The first kappa shape index (κ1) is 12.9. The van der Waals surface area contributed by atoms with Gasteiger partial charge in [0, 0.05) is 5.92 Å². The van der Waals surface area contributed by atoms with Gasteiger partial charge in [-0.3, -0.25) is 4.79 Å². The smallest absolute Gasteiger partial charge is 0.224 e. The van der Waals surface area contributed by atoms with Crippen molar-refractivity contribution in [1.82, 2.24) is 0 Å². The van der Waals surface area contributed by atoms with Crippen LogP contribution in [0.2, 0.25) is 5.02 Å². The molecule has 1 saturated carbocycles. The van der Waals surface area contributed by atoms with Gasteiger partial charge >= 0.3 is 0 Å². The maximum absolute atomic E-state index is 13.7. The van der Waals surface area contributed by atoms with Crippen LogP contribution in [-0.2, 0) is 4.79 Å². The van der Waals surface area contributed by atoms with E-state index in [0.717, 1.165) is 12.1 Å². The molecule has 1 fully saturated rings. The number of benzene rings is 1. The number of halogens is 5. The third-order valence-electron chi connectivity index (χ3n) is 2.76. The van der Waals surface area contributed by atoms with Gasteiger partial charge in [-0.25, -0.2) is 8.78 Å². The van der Waals surface area contributed by atoms with E-state index in [1.54, 1.807) is 0 Å². The molecule has 0 saturated heterocycles. The van der Waals surface area contributed by atoms with Crippen LogP contribution in [0.15, 0.2) is 12.1 Å². The van der Waals surface area contributed by atoms with Gasteiger partial charge in [-0.2, -0.15) is 0 Å². The Kier molecular flexibility index (Phi) is 3.00. The van der Waals surface area contributed by atoms with Gasteiger partial charge in [0.1, 0.15) is 21.0 Å². The Hall–Kier alpha value is -0.580. The quantitative estimate of drug-likeness (QED) is 0.662. The summed E-state index contributed by atoms with van der Waals surface area (Å²) in [5.41, 5.74) is 5.07. The Labute approximate surface area is 111 Å². The largest absolute Gasteiger partial charge is 0.369 e.